The number of guanidine groups is 1. The smallest absolute Gasteiger partial charge is 0.321 e. The first-order valence-electron chi connectivity index (χ1n) is 16.3. The van der Waals surface area contributed by atoms with Crippen LogP contribution in [0.25, 0.3) is 0 Å². The Hall–Kier alpha value is -5.57. The zero-order valence-electron chi connectivity index (χ0n) is 27.7. The second kappa shape index (κ2) is 18.3. The Bertz CT molecular complexity index is 1640. The molecule has 13 nitrogen and oxygen atoms in total. The van der Waals surface area contributed by atoms with Crippen molar-refractivity contribution in [3.63, 3.8) is 0 Å². The minimum atomic E-state index is -1.13. The Morgan fingerprint density at radius 2 is 1.52 bits per heavy atom. The molecule has 4 rings (SSSR count). The minimum Gasteiger partial charge on any atom is -0.508 e. The molecule has 1 heterocycles. The number of phenolic OH excluding ortho intramolecular Hbond substituents is 1. The van der Waals surface area contributed by atoms with Crippen LogP contribution < -0.4 is 32.3 Å². The van der Waals surface area contributed by atoms with Gasteiger partial charge in [0.05, 0.1) is 0 Å². The summed E-state index contributed by atoms with van der Waals surface area (Å²) in [4.78, 5) is 57.0. The molecule has 50 heavy (non-hydrogen) atoms. The molecular weight excluding hydrogens is 650 g/mol. The number of aromatic hydroxyl groups is 1. The lowest BCUT2D eigenvalue weighted by Gasteiger charge is -2.29. The number of nitrogens with one attached hydrogen (secondary N) is 5. The van der Waals surface area contributed by atoms with E-state index >= 15 is 0 Å². The minimum absolute atomic E-state index is 0.0694. The van der Waals surface area contributed by atoms with E-state index in [1.54, 1.807) is 6.92 Å². The number of phenols is 1. The third-order valence-electron chi connectivity index (χ3n) is 8.02. The molecule has 0 aliphatic carbocycles. The monoisotopic (exact) mass is 692 g/mol. The lowest BCUT2D eigenvalue weighted by atomic mass is 10.0. The lowest BCUT2D eigenvalue weighted by Crippen LogP contribution is -2.50. The van der Waals surface area contributed by atoms with E-state index in [0.29, 0.717) is 19.5 Å². The predicted molar refractivity (Wildman–Crippen MR) is 182 cm³/mol. The molecule has 3 aromatic rings. The summed E-state index contributed by atoms with van der Waals surface area (Å²) < 4.78 is 28.8. The summed E-state index contributed by atoms with van der Waals surface area (Å²) in [5.41, 5.74) is 8.29. The van der Waals surface area contributed by atoms with Crippen molar-refractivity contribution in [2.45, 2.75) is 57.9 Å². The van der Waals surface area contributed by atoms with Gasteiger partial charge in [0.25, 0.3) is 0 Å². The zero-order valence-corrected chi connectivity index (χ0v) is 27.7. The van der Waals surface area contributed by atoms with Gasteiger partial charge in [-0.25, -0.2) is 13.6 Å². The summed E-state index contributed by atoms with van der Waals surface area (Å²) in [5.74, 6) is -4.12. The molecule has 0 saturated heterocycles. The van der Waals surface area contributed by atoms with Crippen LogP contribution >= 0.6 is 0 Å². The molecule has 0 aromatic heterocycles. The fraction of sp³-hybridized carbons (Fsp3) is 0.343. The fourth-order valence-corrected chi connectivity index (χ4v) is 5.48. The maximum absolute atomic E-state index is 14.4. The third kappa shape index (κ3) is 10.7. The Balaban J connectivity index is 1.43. The number of halogens is 2. The van der Waals surface area contributed by atoms with E-state index in [2.05, 4.69) is 31.6 Å². The quantitative estimate of drug-likeness (QED) is 0.0723. The number of rotatable bonds is 15. The van der Waals surface area contributed by atoms with Crippen molar-refractivity contribution in [2.75, 3.05) is 19.6 Å². The Morgan fingerprint density at radius 1 is 0.900 bits per heavy atom. The molecule has 0 bridgehead atoms. The molecule has 3 aromatic carbocycles. The number of carbonyl (C=O) groups is 4. The van der Waals surface area contributed by atoms with Crippen molar-refractivity contribution in [1.82, 2.24) is 31.5 Å². The van der Waals surface area contributed by atoms with Gasteiger partial charge in [0.15, 0.2) is 5.96 Å². The van der Waals surface area contributed by atoms with Crippen molar-refractivity contribution in [1.29, 1.82) is 0 Å². The van der Waals surface area contributed by atoms with Crippen molar-refractivity contribution in [2.24, 2.45) is 10.7 Å². The molecule has 0 fully saturated rings. The molecule has 266 valence electrons. The first-order valence-corrected chi connectivity index (χ1v) is 16.3. The van der Waals surface area contributed by atoms with Gasteiger partial charge in [-0.3, -0.25) is 29.6 Å². The molecule has 0 saturated carbocycles. The van der Waals surface area contributed by atoms with Crippen molar-refractivity contribution in [3.8, 4) is 5.75 Å². The summed E-state index contributed by atoms with van der Waals surface area (Å²) in [7, 11) is 0. The number of urea groups is 1. The van der Waals surface area contributed by atoms with E-state index in [-0.39, 0.29) is 44.3 Å². The highest BCUT2D eigenvalue weighted by Crippen LogP contribution is 2.31. The lowest BCUT2D eigenvalue weighted by molar-refractivity contribution is -0.132. The second-order valence-corrected chi connectivity index (χ2v) is 11.6. The van der Waals surface area contributed by atoms with Crippen LogP contribution in [0.4, 0.5) is 13.6 Å². The largest absolute Gasteiger partial charge is 0.508 e. The van der Waals surface area contributed by atoms with Gasteiger partial charge in [-0.2, -0.15) is 0 Å². The third-order valence-corrected chi connectivity index (χ3v) is 8.02. The molecule has 2 atom stereocenters. The summed E-state index contributed by atoms with van der Waals surface area (Å²) in [6.07, 6.45) is 0.632. The number of nitrogens with two attached hydrogens (primary N) is 1. The highest BCUT2D eigenvalue weighted by molar-refractivity contribution is 5.95. The van der Waals surface area contributed by atoms with Crippen LogP contribution in [0.15, 0.2) is 71.7 Å². The molecular formula is C35H42F2N8O5. The van der Waals surface area contributed by atoms with E-state index in [4.69, 9.17) is 5.73 Å². The predicted octanol–water partition coefficient (Wildman–Crippen LogP) is 2.45. The summed E-state index contributed by atoms with van der Waals surface area (Å²) in [6.45, 7) is 2.70. The van der Waals surface area contributed by atoms with Crippen LogP contribution in [0.1, 0.15) is 54.5 Å². The SMILES string of the molecule is CCC(=O)NCCNC(=O)NC(N)=NCCCC(NC(=O)[C@H](c1ccccc1)N1Cc2ccccc2C1)C(=O)NCc1c(F)cc(O)cc1F. The van der Waals surface area contributed by atoms with Gasteiger partial charge in [0.1, 0.15) is 29.5 Å². The molecule has 5 amide bonds. The number of carbonyl (C=O) groups excluding carboxylic acids is 4. The van der Waals surface area contributed by atoms with Gasteiger partial charge >= 0.3 is 6.03 Å². The Morgan fingerprint density at radius 3 is 2.16 bits per heavy atom. The number of aliphatic imine (C=N–C) groups is 1. The highest BCUT2D eigenvalue weighted by Gasteiger charge is 2.34. The summed E-state index contributed by atoms with van der Waals surface area (Å²) in [5, 5.41) is 22.4. The first-order chi connectivity index (χ1) is 24.0. The van der Waals surface area contributed by atoms with E-state index in [1.807, 2.05) is 59.5 Å². The van der Waals surface area contributed by atoms with Gasteiger partial charge in [0.2, 0.25) is 17.7 Å². The number of fused-ring (bicyclic) bond motifs is 1. The van der Waals surface area contributed by atoms with E-state index in [1.165, 1.54) is 0 Å². The van der Waals surface area contributed by atoms with Crippen LogP contribution in [-0.2, 0) is 34.0 Å². The maximum Gasteiger partial charge on any atom is 0.321 e. The Labute approximate surface area is 288 Å². The topological polar surface area (TPSA) is 190 Å². The van der Waals surface area contributed by atoms with E-state index < -0.39 is 59.4 Å². The number of hydrogen-bond donors (Lipinski definition) is 7. The molecule has 1 aliphatic heterocycles. The highest BCUT2D eigenvalue weighted by atomic mass is 19.1. The fourth-order valence-electron chi connectivity index (χ4n) is 5.48. The van der Waals surface area contributed by atoms with Gasteiger partial charge < -0.3 is 32.1 Å². The standard InChI is InChI=1S/C35H42F2N8O5/c1-2-30(47)39-15-16-41-35(50)44-34(38)40-14-8-13-29(32(48)42-19-26-27(36)17-25(46)18-28(26)37)43-33(49)31(22-9-4-3-5-10-22)45-20-23-11-6-7-12-24(23)21-45/h3-7,9-12,17-18,29,31,46H,2,8,13-16,19-21H2,1H3,(H,39,47)(H,42,48)(H,43,49)(H4,38,40,41,44,50)/t29?,31-/m0/s1. The first kappa shape index (κ1) is 37.3. The van der Waals surface area contributed by atoms with Crippen LogP contribution in [-0.4, -0.2) is 65.4 Å². The van der Waals surface area contributed by atoms with E-state index in [9.17, 15) is 33.1 Å². The number of hydrogen-bond acceptors (Lipinski definition) is 7. The average Bonchev–Trinajstić information content (AvgIpc) is 3.51. The van der Waals surface area contributed by atoms with Gasteiger partial charge in [-0.05, 0) is 29.5 Å². The Kier molecular flexibility index (Phi) is 13.6. The number of benzene rings is 3. The molecule has 1 unspecified atom stereocenters. The molecule has 0 radical (unpaired) electrons. The van der Waals surface area contributed by atoms with Gasteiger partial charge in [-0.1, -0.05) is 61.5 Å². The van der Waals surface area contributed by atoms with Crippen molar-refractivity contribution in [3.05, 3.63) is 101 Å². The molecule has 1 aliphatic rings. The molecule has 8 N–H and O–H groups in total. The summed E-state index contributed by atoms with van der Waals surface area (Å²) >= 11 is 0. The van der Waals surface area contributed by atoms with Gasteiger partial charge in [0, 0.05) is 63.4 Å². The second-order valence-electron chi connectivity index (χ2n) is 11.6. The molecule has 0 spiro atoms. The van der Waals surface area contributed by atoms with Crippen LogP contribution in [0.3, 0.4) is 0 Å². The van der Waals surface area contributed by atoms with E-state index in [0.717, 1.165) is 28.8 Å². The van der Waals surface area contributed by atoms with Crippen LogP contribution in [0, 0.1) is 11.6 Å². The van der Waals surface area contributed by atoms with Crippen molar-refractivity contribution < 1.29 is 33.1 Å². The molecule has 15 heteroatoms. The van der Waals surface area contributed by atoms with Gasteiger partial charge in [-0.15, -0.1) is 0 Å². The van der Waals surface area contributed by atoms with Crippen LogP contribution in [0.2, 0.25) is 0 Å². The summed E-state index contributed by atoms with van der Waals surface area (Å²) in [6, 6.07) is 16.0. The zero-order chi connectivity index (χ0) is 36.0. The van der Waals surface area contributed by atoms with Crippen molar-refractivity contribution >= 4 is 29.7 Å². The normalized spacial score (nSPS) is 13.9. The van der Waals surface area contributed by atoms with Crippen LogP contribution in [0.5, 0.6) is 5.75 Å². The maximum atomic E-state index is 14.4. The average molecular weight is 693 g/mol. The number of amides is 5. The number of nitrogens with zero attached hydrogens (tertiary/aromatic N) is 2.